The van der Waals surface area contributed by atoms with Crippen LogP contribution in [0.3, 0.4) is 0 Å². The maximum absolute atomic E-state index is 11.8. The van der Waals surface area contributed by atoms with Crippen LogP contribution >= 0.6 is 0 Å². The smallest absolute Gasteiger partial charge is 0.315 e. The highest BCUT2D eigenvalue weighted by atomic mass is 16.3. The van der Waals surface area contributed by atoms with Gasteiger partial charge < -0.3 is 15.7 Å². The molecule has 1 unspecified atom stereocenters. The third-order valence-electron chi connectivity index (χ3n) is 3.64. The van der Waals surface area contributed by atoms with Crippen molar-refractivity contribution in [1.82, 2.24) is 10.6 Å². The molecule has 3 N–H and O–H groups in total. The average Bonchev–Trinajstić information content (AvgIpc) is 2.33. The van der Waals surface area contributed by atoms with Crippen LogP contribution < -0.4 is 10.6 Å². The Kier molecular flexibility index (Phi) is 4.42. The van der Waals surface area contributed by atoms with Crippen molar-refractivity contribution in [3.8, 4) is 0 Å². The van der Waals surface area contributed by atoms with E-state index < -0.39 is 0 Å². The standard InChI is InChI=1S/C13H22N2O2/c16-12-8-6-11(7-9-12)15-13(17)14-10-4-2-1-3-5-10/h1-2,10-12,16H,3-9H2,(H2,14,15,17). The van der Waals surface area contributed by atoms with Gasteiger partial charge in [-0.05, 0) is 44.9 Å². The number of urea groups is 1. The summed E-state index contributed by atoms with van der Waals surface area (Å²) in [5.41, 5.74) is 0. The lowest BCUT2D eigenvalue weighted by Gasteiger charge is -2.27. The van der Waals surface area contributed by atoms with Crippen molar-refractivity contribution < 1.29 is 9.90 Å². The fourth-order valence-electron chi connectivity index (χ4n) is 2.56. The van der Waals surface area contributed by atoms with Crippen LogP contribution in [0.25, 0.3) is 0 Å². The molecule has 0 heterocycles. The lowest BCUT2D eigenvalue weighted by atomic mass is 9.93. The third kappa shape index (κ3) is 4.04. The first-order valence-corrected chi connectivity index (χ1v) is 6.64. The van der Waals surface area contributed by atoms with Crippen LogP contribution in [-0.2, 0) is 0 Å². The Morgan fingerprint density at radius 1 is 1.00 bits per heavy atom. The van der Waals surface area contributed by atoms with Crippen LogP contribution in [0, 0.1) is 0 Å². The van der Waals surface area contributed by atoms with Gasteiger partial charge in [0.1, 0.15) is 0 Å². The molecule has 0 aromatic rings. The number of aliphatic hydroxyl groups excluding tert-OH is 1. The van der Waals surface area contributed by atoms with Crippen molar-refractivity contribution >= 4 is 6.03 Å². The molecule has 17 heavy (non-hydrogen) atoms. The second-order valence-electron chi connectivity index (χ2n) is 5.10. The van der Waals surface area contributed by atoms with Gasteiger partial charge in [-0.1, -0.05) is 12.2 Å². The SMILES string of the molecule is O=C(NC1CC=CCC1)NC1CCC(O)CC1. The Bertz CT molecular complexity index is 283. The Hall–Kier alpha value is -1.03. The Balaban J connectivity index is 1.68. The van der Waals surface area contributed by atoms with Gasteiger partial charge >= 0.3 is 6.03 Å². The van der Waals surface area contributed by atoms with Gasteiger partial charge in [0.15, 0.2) is 0 Å². The van der Waals surface area contributed by atoms with Crippen molar-refractivity contribution in [1.29, 1.82) is 0 Å². The summed E-state index contributed by atoms with van der Waals surface area (Å²) in [5.74, 6) is 0. The number of allylic oxidation sites excluding steroid dienone is 1. The predicted molar refractivity (Wildman–Crippen MR) is 66.7 cm³/mol. The Morgan fingerprint density at radius 2 is 1.71 bits per heavy atom. The Labute approximate surface area is 102 Å². The number of hydrogen-bond donors (Lipinski definition) is 3. The normalized spacial score (nSPS) is 33.1. The van der Waals surface area contributed by atoms with Crippen molar-refractivity contribution in [3.05, 3.63) is 12.2 Å². The molecule has 0 saturated heterocycles. The molecule has 2 aliphatic carbocycles. The molecular formula is C13H22N2O2. The molecule has 2 rings (SSSR count). The first-order valence-electron chi connectivity index (χ1n) is 6.64. The number of carbonyl (C=O) groups excluding carboxylic acids is 1. The van der Waals surface area contributed by atoms with Crippen LogP contribution in [0.15, 0.2) is 12.2 Å². The van der Waals surface area contributed by atoms with E-state index >= 15 is 0 Å². The van der Waals surface area contributed by atoms with Gasteiger partial charge in [0, 0.05) is 12.1 Å². The van der Waals surface area contributed by atoms with Crippen molar-refractivity contribution in [2.75, 3.05) is 0 Å². The van der Waals surface area contributed by atoms with Crippen LogP contribution in [0.5, 0.6) is 0 Å². The van der Waals surface area contributed by atoms with Crippen LogP contribution in [0.2, 0.25) is 0 Å². The molecule has 0 radical (unpaired) electrons. The molecule has 0 aromatic carbocycles. The lowest BCUT2D eigenvalue weighted by molar-refractivity contribution is 0.117. The molecule has 1 atom stereocenters. The largest absolute Gasteiger partial charge is 0.393 e. The summed E-state index contributed by atoms with van der Waals surface area (Å²) in [5, 5.41) is 15.4. The predicted octanol–water partition coefficient (Wildman–Crippen LogP) is 1.70. The highest BCUT2D eigenvalue weighted by Crippen LogP contribution is 2.18. The quantitative estimate of drug-likeness (QED) is 0.641. The third-order valence-corrected chi connectivity index (χ3v) is 3.64. The summed E-state index contributed by atoms with van der Waals surface area (Å²) in [6.45, 7) is 0. The summed E-state index contributed by atoms with van der Waals surface area (Å²) in [7, 11) is 0. The van der Waals surface area contributed by atoms with Gasteiger partial charge in [-0.25, -0.2) is 4.79 Å². The maximum atomic E-state index is 11.8. The van der Waals surface area contributed by atoms with E-state index in [0.29, 0.717) is 0 Å². The minimum atomic E-state index is -0.167. The van der Waals surface area contributed by atoms with E-state index in [2.05, 4.69) is 22.8 Å². The summed E-state index contributed by atoms with van der Waals surface area (Å²) >= 11 is 0. The van der Waals surface area contributed by atoms with E-state index in [-0.39, 0.29) is 24.2 Å². The number of rotatable bonds is 2. The molecule has 0 aromatic heterocycles. The zero-order chi connectivity index (χ0) is 12.1. The molecule has 0 aliphatic heterocycles. The first-order chi connectivity index (χ1) is 8.24. The monoisotopic (exact) mass is 238 g/mol. The van der Waals surface area contributed by atoms with Crippen molar-refractivity contribution in [2.24, 2.45) is 0 Å². The van der Waals surface area contributed by atoms with E-state index in [4.69, 9.17) is 0 Å². The minimum absolute atomic E-state index is 0.0494. The zero-order valence-corrected chi connectivity index (χ0v) is 10.2. The minimum Gasteiger partial charge on any atom is -0.393 e. The molecule has 0 bridgehead atoms. The van der Waals surface area contributed by atoms with Crippen molar-refractivity contribution in [3.63, 3.8) is 0 Å². The number of amides is 2. The lowest BCUT2D eigenvalue weighted by Crippen LogP contribution is -2.47. The van der Waals surface area contributed by atoms with Crippen LogP contribution in [0.1, 0.15) is 44.9 Å². The van der Waals surface area contributed by atoms with Crippen LogP contribution in [0.4, 0.5) is 4.79 Å². The fourth-order valence-corrected chi connectivity index (χ4v) is 2.56. The molecule has 4 heteroatoms. The van der Waals surface area contributed by atoms with E-state index in [1.807, 2.05) is 0 Å². The molecule has 2 aliphatic rings. The molecule has 1 fully saturated rings. The second kappa shape index (κ2) is 6.05. The molecule has 1 saturated carbocycles. The first kappa shape index (κ1) is 12.4. The number of carbonyl (C=O) groups is 1. The summed E-state index contributed by atoms with van der Waals surface area (Å²) in [6, 6.07) is 0.471. The van der Waals surface area contributed by atoms with E-state index in [1.165, 1.54) is 0 Å². The summed E-state index contributed by atoms with van der Waals surface area (Å²) in [6.07, 6.45) is 10.5. The molecule has 4 nitrogen and oxygen atoms in total. The summed E-state index contributed by atoms with van der Waals surface area (Å²) < 4.78 is 0. The summed E-state index contributed by atoms with van der Waals surface area (Å²) in [4.78, 5) is 11.8. The van der Waals surface area contributed by atoms with Gasteiger partial charge in [-0.3, -0.25) is 0 Å². The topological polar surface area (TPSA) is 61.4 Å². The van der Waals surface area contributed by atoms with Gasteiger partial charge in [0.25, 0.3) is 0 Å². The molecule has 0 spiro atoms. The van der Waals surface area contributed by atoms with Gasteiger partial charge in [0.05, 0.1) is 6.10 Å². The maximum Gasteiger partial charge on any atom is 0.315 e. The number of nitrogens with one attached hydrogen (secondary N) is 2. The van der Waals surface area contributed by atoms with E-state index in [9.17, 15) is 9.90 Å². The number of hydrogen-bond acceptors (Lipinski definition) is 2. The average molecular weight is 238 g/mol. The number of aliphatic hydroxyl groups is 1. The van der Waals surface area contributed by atoms with E-state index in [0.717, 1.165) is 44.9 Å². The highest BCUT2D eigenvalue weighted by molar-refractivity contribution is 5.74. The molecule has 96 valence electrons. The molecule has 2 amide bonds. The van der Waals surface area contributed by atoms with Crippen molar-refractivity contribution in [2.45, 2.75) is 63.1 Å². The fraction of sp³-hybridized carbons (Fsp3) is 0.769. The zero-order valence-electron chi connectivity index (χ0n) is 10.2. The second-order valence-corrected chi connectivity index (χ2v) is 5.10. The van der Waals surface area contributed by atoms with E-state index in [1.54, 1.807) is 0 Å². The van der Waals surface area contributed by atoms with Gasteiger partial charge in [-0.15, -0.1) is 0 Å². The highest BCUT2D eigenvalue weighted by Gasteiger charge is 2.21. The van der Waals surface area contributed by atoms with Gasteiger partial charge in [-0.2, -0.15) is 0 Å². The van der Waals surface area contributed by atoms with Crippen LogP contribution in [-0.4, -0.2) is 29.3 Å². The molecular weight excluding hydrogens is 216 g/mol. The Morgan fingerprint density at radius 3 is 2.35 bits per heavy atom. The van der Waals surface area contributed by atoms with Gasteiger partial charge in [0.2, 0.25) is 0 Å².